The lowest BCUT2D eigenvalue weighted by Crippen LogP contribution is -2.31. The highest BCUT2D eigenvalue weighted by molar-refractivity contribution is 5.78. The van der Waals surface area contributed by atoms with Crippen molar-refractivity contribution in [3.63, 3.8) is 0 Å². The number of ether oxygens (including phenoxy) is 2. The van der Waals surface area contributed by atoms with E-state index in [4.69, 9.17) is 14.5 Å². The Morgan fingerprint density at radius 3 is 2.72 bits per heavy atom. The molecule has 0 radical (unpaired) electrons. The van der Waals surface area contributed by atoms with Crippen LogP contribution in [0.4, 0.5) is 0 Å². The van der Waals surface area contributed by atoms with Crippen LogP contribution in [0.5, 0.6) is 0 Å². The number of nitrogens with zero attached hydrogens (tertiary/aromatic N) is 2. The zero-order valence-electron chi connectivity index (χ0n) is 14.5. The van der Waals surface area contributed by atoms with E-state index in [1.165, 1.54) is 31.2 Å². The summed E-state index contributed by atoms with van der Waals surface area (Å²) in [5, 5.41) is 0.731. The Labute approximate surface area is 147 Å². The van der Waals surface area contributed by atoms with Gasteiger partial charge in [0.2, 0.25) is 0 Å². The third-order valence-electron chi connectivity index (χ3n) is 6.14. The number of aromatic nitrogens is 2. The lowest BCUT2D eigenvalue weighted by molar-refractivity contribution is -0.165. The fourth-order valence-electron chi connectivity index (χ4n) is 4.71. The van der Waals surface area contributed by atoms with E-state index in [2.05, 4.69) is 12.1 Å². The molecule has 5 heteroatoms. The van der Waals surface area contributed by atoms with E-state index in [0.717, 1.165) is 29.6 Å². The molecule has 5 nitrogen and oxygen atoms in total. The Balaban J connectivity index is 1.55. The van der Waals surface area contributed by atoms with Crippen molar-refractivity contribution < 1.29 is 9.47 Å². The van der Waals surface area contributed by atoms with E-state index >= 15 is 0 Å². The van der Waals surface area contributed by atoms with Gasteiger partial charge in [-0.3, -0.25) is 9.36 Å². The molecule has 0 N–H and O–H groups in total. The summed E-state index contributed by atoms with van der Waals surface area (Å²) in [4.78, 5) is 17.9. The lowest BCUT2D eigenvalue weighted by atomic mass is 9.96. The Hall–Kier alpha value is -1.72. The summed E-state index contributed by atoms with van der Waals surface area (Å²) in [5.41, 5.74) is 2.27. The van der Waals surface area contributed by atoms with Gasteiger partial charge in [0.15, 0.2) is 5.79 Å². The van der Waals surface area contributed by atoms with Crippen molar-refractivity contribution in [2.45, 2.75) is 63.2 Å². The lowest BCUT2D eigenvalue weighted by Gasteiger charge is -2.24. The zero-order valence-corrected chi connectivity index (χ0v) is 14.5. The van der Waals surface area contributed by atoms with Crippen molar-refractivity contribution >= 4 is 10.9 Å². The number of fused-ring (bicyclic) bond motifs is 2. The first kappa shape index (κ1) is 15.5. The van der Waals surface area contributed by atoms with Gasteiger partial charge >= 0.3 is 0 Å². The molecule has 2 fully saturated rings. The number of hydrogen-bond acceptors (Lipinski definition) is 4. The molecule has 132 valence electrons. The highest BCUT2D eigenvalue weighted by Gasteiger charge is 2.38. The maximum absolute atomic E-state index is 13.0. The fraction of sp³-hybridized carbons (Fsp3) is 0.600. The fourth-order valence-corrected chi connectivity index (χ4v) is 4.71. The molecule has 2 aliphatic heterocycles. The minimum Gasteiger partial charge on any atom is -0.347 e. The first-order chi connectivity index (χ1) is 12.2. The van der Waals surface area contributed by atoms with Gasteiger partial charge in [-0.25, -0.2) is 4.98 Å². The van der Waals surface area contributed by atoms with E-state index in [1.807, 2.05) is 10.6 Å². The van der Waals surface area contributed by atoms with Crippen LogP contribution in [0.3, 0.4) is 0 Å². The molecular formula is C20H24N2O3. The van der Waals surface area contributed by atoms with E-state index < -0.39 is 5.79 Å². The molecule has 2 aromatic rings. The summed E-state index contributed by atoms with van der Waals surface area (Å²) in [6, 6.07) is 6.27. The predicted molar refractivity (Wildman–Crippen MR) is 94.8 cm³/mol. The molecule has 0 amide bonds. The first-order valence-corrected chi connectivity index (χ1v) is 9.55. The normalized spacial score (nSPS) is 23.2. The van der Waals surface area contributed by atoms with Crippen molar-refractivity contribution in [2.24, 2.45) is 0 Å². The summed E-state index contributed by atoms with van der Waals surface area (Å²) < 4.78 is 13.5. The van der Waals surface area contributed by atoms with E-state index in [-0.39, 0.29) is 5.56 Å². The molecule has 1 aromatic carbocycles. The number of hydrogen-bond donors (Lipinski definition) is 0. The van der Waals surface area contributed by atoms with E-state index in [0.29, 0.717) is 32.1 Å². The van der Waals surface area contributed by atoms with Gasteiger partial charge in [-0.05, 0) is 36.5 Å². The van der Waals surface area contributed by atoms with Crippen LogP contribution in [-0.4, -0.2) is 28.6 Å². The first-order valence-electron chi connectivity index (χ1n) is 9.55. The topological polar surface area (TPSA) is 53.4 Å². The largest absolute Gasteiger partial charge is 0.347 e. The van der Waals surface area contributed by atoms with Crippen LogP contribution in [0.25, 0.3) is 10.9 Å². The van der Waals surface area contributed by atoms with Gasteiger partial charge in [-0.15, -0.1) is 0 Å². The second kappa shape index (κ2) is 5.92. The van der Waals surface area contributed by atoms with Crippen LogP contribution in [0.2, 0.25) is 0 Å². The van der Waals surface area contributed by atoms with E-state index in [9.17, 15) is 4.79 Å². The molecule has 0 bridgehead atoms. The quantitative estimate of drug-likeness (QED) is 0.800. The molecule has 1 saturated carbocycles. The Morgan fingerprint density at radius 1 is 1.12 bits per heavy atom. The van der Waals surface area contributed by atoms with Gasteiger partial charge in [0.1, 0.15) is 5.82 Å². The van der Waals surface area contributed by atoms with Crippen LogP contribution >= 0.6 is 0 Å². The molecule has 1 aromatic heterocycles. The number of benzene rings is 1. The standard InChI is InChI=1S/C20H24N2O3/c23-19-16-6-5-15(14-3-1-2-4-14)13-17(16)21-18-7-8-20(9-10-22(18)19)24-11-12-25-20/h5-6,13-14H,1-4,7-12H2. The van der Waals surface area contributed by atoms with Gasteiger partial charge in [0.05, 0.1) is 24.1 Å². The minimum atomic E-state index is -0.513. The monoisotopic (exact) mass is 340 g/mol. The minimum absolute atomic E-state index is 0.0769. The van der Waals surface area contributed by atoms with Crippen molar-refractivity contribution in [3.8, 4) is 0 Å². The van der Waals surface area contributed by atoms with Gasteiger partial charge in [0, 0.05) is 25.8 Å². The summed E-state index contributed by atoms with van der Waals surface area (Å²) in [6.45, 7) is 1.90. The summed E-state index contributed by atoms with van der Waals surface area (Å²) in [6.07, 6.45) is 7.34. The molecule has 5 rings (SSSR count). The average Bonchev–Trinajstić information content (AvgIpc) is 3.28. The third kappa shape index (κ3) is 2.61. The zero-order chi connectivity index (χ0) is 16.9. The third-order valence-corrected chi connectivity index (χ3v) is 6.14. The van der Waals surface area contributed by atoms with Crippen molar-refractivity contribution in [3.05, 3.63) is 39.9 Å². The van der Waals surface area contributed by atoms with Crippen LogP contribution < -0.4 is 5.56 Å². The molecule has 1 saturated heterocycles. The molecule has 0 atom stereocenters. The van der Waals surface area contributed by atoms with Crippen molar-refractivity contribution in [1.29, 1.82) is 0 Å². The Morgan fingerprint density at radius 2 is 1.92 bits per heavy atom. The highest BCUT2D eigenvalue weighted by atomic mass is 16.7. The van der Waals surface area contributed by atoms with Gasteiger partial charge < -0.3 is 9.47 Å². The summed E-state index contributed by atoms with van der Waals surface area (Å²) in [5.74, 6) is 0.995. The van der Waals surface area contributed by atoms with Crippen molar-refractivity contribution in [1.82, 2.24) is 9.55 Å². The van der Waals surface area contributed by atoms with Crippen molar-refractivity contribution in [2.75, 3.05) is 13.2 Å². The van der Waals surface area contributed by atoms with Gasteiger partial charge in [-0.2, -0.15) is 0 Å². The Kier molecular flexibility index (Phi) is 3.68. The van der Waals surface area contributed by atoms with Crippen LogP contribution in [0.15, 0.2) is 23.0 Å². The maximum atomic E-state index is 13.0. The van der Waals surface area contributed by atoms with E-state index in [1.54, 1.807) is 0 Å². The second-order valence-electron chi connectivity index (χ2n) is 7.60. The molecule has 1 spiro atoms. The highest BCUT2D eigenvalue weighted by Crippen LogP contribution is 2.35. The van der Waals surface area contributed by atoms with Crippen LogP contribution in [0, 0.1) is 0 Å². The van der Waals surface area contributed by atoms with Crippen LogP contribution in [-0.2, 0) is 22.4 Å². The summed E-state index contributed by atoms with van der Waals surface area (Å²) >= 11 is 0. The smallest absolute Gasteiger partial charge is 0.261 e. The second-order valence-corrected chi connectivity index (χ2v) is 7.60. The number of rotatable bonds is 1. The molecule has 3 aliphatic rings. The molecular weight excluding hydrogens is 316 g/mol. The van der Waals surface area contributed by atoms with Gasteiger partial charge in [-0.1, -0.05) is 18.9 Å². The maximum Gasteiger partial charge on any atom is 0.261 e. The van der Waals surface area contributed by atoms with Crippen LogP contribution in [0.1, 0.15) is 55.8 Å². The average molecular weight is 340 g/mol. The Bertz CT molecular complexity index is 861. The SMILES string of the molecule is O=c1c2ccc(C3CCCC3)cc2nc2n1CCC1(CC2)OCCO1. The molecule has 0 unspecified atom stereocenters. The predicted octanol–water partition coefficient (Wildman–Crippen LogP) is 3.13. The van der Waals surface area contributed by atoms with Gasteiger partial charge in [0.25, 0.3) is 5.56 Å². The molecule has 25 heavy (non-hydrogen) atoms. The summed E-state index contributed by atoms with van der Waals surface area (Å²) in [7, 11) is 0. The number of aryl methyl sites for hydroxylation is 1. The molecule has 1 aliphatic carbocycles. The molecule has 3 heterocycles.